The van der Waals surface area contributed by atoms with Crippen molar-refractivity contribution in [3.05, 3.63) is 112 Å². The van der Waals surface area contributed by atoms with Crippen molar-refractivity contribution in [2.75, 3.05) is 6.61 Å². The van der Waals surface area contributed by atoms with Gasteiger partial charge in [-0.3, -0.25) is 9.78 Å². The van der Waals surface area contributed by atoms with E-state index in [2.05, 4.69) is 16.4 Å². The van der Waals surface area contributed by atoms with Crippen LogP contribution in [0.1, 0.15) is 60.6 Å². The van der Waals surface area contributed by atoms with Crippen molar-refractivity contribution in [1.82, 2.24) is 10.3 Å². The van der Waals surface area contributed by atoms with Gasteiger partial charge in [0.15, 0.2) is 0 Å². The van der Waals surface area contributed by atoms with Gasteiger partial charge in [-0.05, 0) is 60.6 Å². The van der Waals surface area contributed by atoms with Gasteiger partial charge in [0.2, 0.25) is 0 Å². The molecule has 0 amide bonds. The number of ether oxygens (including phenoxy) is 2. The molecule has 0 bridgehead atoms. The van der Waals surface area contributed by atoms with Gasteiger partial charge in [-0.15, -0.1) is 0 Å². The molecule has 0 saturated carbocycles. The van der Waals surface area contributed by atoms with Crippen molar-refractivity contribution in [2.45, 2.75) is 58.4 Å². The number of nitrogens with one attached hydrogen (secondary N) is 1. The summed E-state index contributed by atoms with van der Waals surface area (Å²) in [6, 6.07) is 19.5. The van der Waals surface area contributed by atoms with Crippen molar-refractivity contribution in [3.63, 3.8) is 0 Å². The second kappa shape index (κ2) is 14.7. The van der Waals surface area contributed by atoms with E-state index in [4.69, 9.17) is 21.1 Å². The van der Waals surface area contributed by atoms with E-state index in [0.717, 1.165) is 34.2 Å². The lowest BCUT2D eigenvalue weighted by molar-refractivity contribution is -0.121. The first-order valence-electron chi connectivity index (χ1n) is 15.0. The minimum atomic E-state index is -0.448. The monoisotopic (exact) mass is 627 g/mol. The number of fused-ring (bicyclic) bond motifs is 1. The van der Waals surface area contributed by atoms with Crippen LogP contribution >= 0.6 is 11.6 Å². The maximum Gasteiger partial charge on any atom is 0.149 e. The van der Waals surface area contributed by atoms with Gasteiger partial charge in [0, 0.05) is 54.7 Å². The van der Waals surface area contributed by atoms with Crippen LogP contribution in [0.4, 0.5) is 4.39 Å². The Morgan fingerprint density at radius 2 is 1.93 bits per heavy atom. The highest BCUT2D eigenvalue weighted by Crippen LogP contribution is 2.43. The second-order valence-corrected chi connectivity index (χ2v) is 11.8. The molecule has 2 N–H and O–H groups in total. The number of aliphatic hydroxyl groups excluding tert-OH is 1. The molecule has 1 aliphatic rings. The molecule has 1 aromatic heterocycles. The summed E-state index contributed by atoms with van der Waals surface area (Å²) in [7, 11) is 0. The van der Waals surface area contributed by atoms with Crippen LogP contribution in [0.2, 0.25) is 5.02 Å². The van der Waals surface area contributed by atoms with E-state index >= 15 is 0 Å². The lowest BCUT2D eigenvalue weighted by atomic mass is 9.96. The molecule has 4 aromatic rings. The number of aromatic nitrogens is 1. The number of ketones is 1. The van der Waals surface area contributed by atoms with Gasteiger partial charge in [0.1, 0.15) is 41.9 Å². The third-order valence-electron chi connectivity index (χ3n) is 8.03. The number of hydrogen-bond donors (Lipinski definition) is 2. The molecule has 1 heterocycles. The number of aliphatic hydroxyl groups is 1. The van der Waals surface area contributed by atoms with Gasteiger partial charge in [0.05, 0.1) is 16.6 Å². The van der Waals surface area contributed by atoms with Crippen molar-refractivity contribution in [3.8, 4) is 28.7 Å². The van der Waals surface area contributed by atoms with Crippen LogP contribution in [0, 0.1) is 23.1 Å². The largest absolute Gasteiger partial charge is 0.488 e. The number of nitriles is 1. The predicted octanol–water partition coefficient (Wildman–Crippen LogP) is 7.12. The summed E-state index contributed by atoms with van der Waals surface area (Å²) in [6.07, 6.45) is 4.54. The Hall–Kier alpha value is -4.29. The number of carbonyl (C=O) groups is 1. The van der Waals surface area contributed by atoms with Crippen molar-refractivity contribution >= 4 is 17.4 Å². The molecule has 1 aliphatic carbocycles. The maximum absolute atomic E-state index is 14.7. The number of carbonyl (C=O) groups excluding carboxylic acids is 1. The fraction of sp³-hybridized carbons (Fsp3) is 0.306. The quantitative estimate of drug-likeness (QED) is 0.163. The van der Waals surface area contributed by atoms with E-state index in [1.54, 1.807) is 43.5 Å². The zero-order chi connectivity index (χ0) is 31.9. The Morgan fingerprint density at radius 3 is 2.71 bits per heavy atom. The number of rotatable bonds is 13. The minimum absolute atomic E-state index is 0.000821. The Morgan fingerprint density at radius 1 is 1.13 bits per heavy atom. The Kier molecular flexibility index (Phi) is 10.5. The summed E-state index contributed by atoms with van der Waals surface area (Å²) in [6.45, 7) is 4.01. The average Bonchev–Trinajstić information content (AvgIpc) is 3.47. The van der Waals surface area contributed by atoms with Gasteiger partial charge >= 0.3 is 0 Å². The first kappa shape index (κ1) is 32.1. The molecule has 232 valence electrons. The SMILES string of the molecule is C[C@H](CO)CC(=O)[C@H](C)NCc1cc(Cl)c(O[C@H]2CCc3c(-c4ccccc4F)cccc32)cc1OCc1cncc(C#N)c1. The van der Waals surface area contributed by atoms with Crippen molar-refractivity contribution in [2.24, 2.45) is 5.92 Å². The lowest BCUT2D eigenvalue weighted by Crippen LogP contribution is -2.34. The average molecular weight is 628 g/mol. The number of benzene rings is 3. The minimum Gasteiger partial charge on any atom is -0.488 e. The Bertz CT molecular complexity index is 1720. The fourth-order valence-corrected chi connectivity index (χ4v) is 5.74. The molecule has 0 radical (unpaired) electrons. The highest BCUT2D eigenvalue weighted by atomic mass is 35.5. The molecule has 0 aliphatic heterocycles. The van der Waals surface area contributed by atoms with Crippen LogP contribution in [0.15, 0.2) is 73.1 Å². The Labute approximate surface area is 267 Å². The fourth-order valence-electron chi connectivity index (χ4n) is 5.51. The molecule has 7 nitrogen and oxygen atoms in total. The first-order chi connectivity index (χ1) is 21.8. The number of halogens is 2. The molecule has 45 heavy (non-hydrogen) atoms. The van der Waals surface area contributed by atoms with Crippen LogP contribution in [0.3, 0.4) is 0 Å². The molecule has 0 fully saturated rings. The van der Waals surface area contributed by atoms with Crippen molar-refractivity contribution in [1.29, 1.82) is 5.26 Å². The van der Waals surface area contributed by atoms with Crippen molar-refractivity contribution < 1.29 is 23.8 Å². The van der Waals surface area contributed by atoms with Crippen LogP contribution in [-0.4, -0.2) is 28.5 Å². The van der Waals surface area contributed by atoms with E-state index in [1.165, 1.54) is 12.3 Å². The van der Waals surface area contributed by atoms with E-state index in [9.17, 15) is 19.6 Å². The van der Waals surface area contributed by atoms with Gasteiger partial charge in [-0.25, -0.2) is 4.39 Å². The van der Waals surface area contributed by atoms with Gasteiger partial charge in [0.25, 0.3) is 0 Å². The topological polar surface area (TPSA) is 104 Å². The van der Waals surface area contributed by atoms with Crippen LogP contribution in [-0.2, 0) is 24.4 Å². The zero-order valence-electron chi connectivity index (χ0n) is 25.2. The maximum atomic E-state index is 14.7. The summed E-state index contributed by atoms with van der Waals surface area (Å²) in [5.41, 5.74) is 5.34. The molecule has 0 spiro atoms. The molecule has 9 heteroatoms. The molecule has 0 saturated heterocycles. The van der Waals surface area contributed by atoms with Gasteiger partial charge in [-0.1, -0.05) is 54.9 Å². The van der Waals surface area contributed by atoms with Crippen LogP contribution in [0.5, 0.6) is 11.5 Å². The van der Waals surface area contributed by atoms with Gasteiger partial charge < -0.3 is 19.9 Å². The van der Waals surface area contributed by atoms with Crippen LogP contribution < -0.4 is 14.8 Å². The Balaban J connectivity index is 1.40. The number of nitrogens with zero attached hydrogens (tertiary/aromatic N) is 2. The third-order valence-corrected chi connectivity index (χ3v) is 8.32. The zero-order valence-corrected chi connectivity index (χ0v) is 26.0. The molecular weight excluding hydrogens is 593 g/mol. The highest BCUT2D eigenvalue weighted by Gasteiger charge is 2.28. The summed E-state index contributed by atoms with van der Waals surface area (Å²) in [5, 5.41) is 22.2. The molecule has 3 aromatic carbocycles. The summed E-state index contributed by atoms with van der Waals surface area (Å²) < 4.78 is 27.4. The normalized spacial score (nSPS) is 15.2. The molecule has 0 unspecified atom stereocenters. The lowest BCUT2D eigenvalue weighted by Gasteiger charge is -2.21. The highest BCUT2D eigenvalue weighted by molar-refractivity contribution is 6.32. The molecule has 5 rings (SSSR count). The number of Topliss-reactive ketones (excluding diaryl/α,β-unsaturated/α-hetero) is 1. The van der Waals surface area contributed by atoms with E-state index in [0.29, 0.717) is 40.6 Å². The van der Waals surface area contributed by atoms with E-state index in [-0.39, 0.29) is 43.3 Å². The van der Waals surface area contributed by atoms with E-state index in [1.807, 2.05) is 31.2 Å². The number of hydrogen-bond acceptors (Lipinski definition) is 7. The van der Waals surface area contributed by atoms with E-state index < -0.39 is 6.04 Å². The van der Waals surface area contributed by atoms with Gasteiger partial charge in [-0.2, -0.15) is 5.26 Å². The third kappa shape index (κ3) is 7.69. The standard InChI is InChI=1S/C36H35ClFN3O4/c1-22(20-42)12-33(43)23(2)41-19-26-14-31(37)36(15-35(26)44-21-25-13-24(16-39)17-40-18-25)45-34-11-10-28-27(7-5-8-30(28)34)29-6-3-4-9-32(29)38/h3-9,13-15,17-18,22-23,34,41-42H,10-12,19-21H2,1-2H3/t22-,23-,34-/m0/s1. The number of pyridine rings is 1. The summed E-state index contributed by atoms with van der Waals surface area (Å²) in [5.74, 6) is 0.561. The summed E-state index contributed by atoms with van der Waals surface area (Å²) >= 11 is 6.78. The molecule has 3 atom stereocenters. The van der Waals surface area contributed by atoms with Crippen LogP contribution in [0.25, 0.3) is 11.1 Å². The predicted molar refractivity (Wildman–Crippen MR) is 170 cm³/mol. The summed E-state index contributed by atoms with van der Waals surface area (Å²) in [4.78, 5) is 16.7. The first-order valence-corrected chi connectivity index (χ1v) is 15.3. The molecular formula is C36H35ClFN3O4. The smallest absolute Gasteiger partial charge is 0.149 e. The second-order valence-electron chi connectivity index (χ2n) is 11.4.